The summed E-state index contributed by atoms with van der Waals surface area (Å²) in [4.78, 5) is 33.9. The largest absolute Gasteiger partial charge is 0.326 e. The van der Waals surface area contributed by atoms with Crippen LogP contribution in [0.1, 0.15) is 42.6 Å². The molecule has 0 aliphatic rings. The van der Waals surface area contributed by atoms with Crippen LogP contribution in [0.15, 0.2) is 53.6 Å². The molecule has 0 heterocycles. The molecule has 2 amide bonds. The van der Waals surface area contributed by atoms with Crippen LogP contribution < -0.4 is 10.7 Å². The summed E-state index contributed by atoms with van der Waals surface area (Å²) in [5.41, 5.74) is 4.62. The molecule has 2 aromatic rings. The van der Waals surface area contributed by atoms with Crippen molar-refractivity contribution in [2.24, 2.45) is 5.10 Å². The molecule has 2 rings (SSSR count). The second kappa shape index (κ2) is 9.23. The van der Waals surface area contributed by atoms with E-state index in [1.165, 1.54) is 12.1 Å². The van der Waals surface area contributed by atoms with Crippen molar-refractivity contribution in [3.05, 3.63) is 69.8 Å². The van der Waals surface area contributed by atoms with E-state index in [1.54, 1.807) is 43.3 Å². The van der Waals surface area contributed by atoms with E-state index in [4.69, 9.17) is 0 Å². The molecule has 0 radical (unpaired) electrons. The Kier molecular flexibility index (Phi) is 6.76. The number of hydrazone groups is 1. The Morgan fingerprint density at radius 3 is 2.19 bits per heavy atom. The van der Waals surface area contributed by atoms with Crippen molar-refractivity contribution in [1.82, 2.24) is 5.43 Å². The molecule has 8 nitrogen and oxygen atoms in total. The van der Waals surface area contributed by atoms with Crippen LogP contribution in [0, 0.1) is 10.1 Å². The van der Waals surface area contributed by atoms with E-state index in [0.717, 1.165) is 6.42 Å². The number of nitro groups is 1. The van der Waals surface area contributed by atoms with Gasteiger partial charge in [0.2, 0.25) is 5.91 Å². The third-order valence-electron chi connectivity index (χ3n) is 3.73. The Balaban J connectivity index is 1.98. The van der Waals surface area contributed by atoms with Gasteiger partial charge in [0.15, 0.2) is 0 Å². The number of carbonyl (C=O) groups excluding carboxylic acids is 2. The van der Waals surface area contributed by atoms with Crippen LogP contribution in [0.2, 0.25) is 0 Å². The Morgan fingerprint density at radius 1 is 1.04 bits per heavy atom. The van der Waals surface area contributed by atoms with Gasteiger partial charge in [0.1, 0.15) is 0 Å². The molecule has 0 fully saturated rings. The van der Waals surface area contributed by atoms with Gasteiger partial charge in [-0.05, 0) is 55.3 Å². The molecule has 0 aliphatic heterocycles. The lowest BCUT2D eigenvalue weighted by Gasteiger charge is -2.06. The topological polar surface area (TPSA) is 114 Å². The molecule has 0 atom stereocenters. The highest BCUT2D eigenvalue weighted by Crippen LogP contribution is 2.13. The van der Waals surface area contributed by atoms with Crippen LogP contribution in [0.5, 0.6) is 0 Å². The first kappa shape index (κ1) is 19.8. The monoisotopic (exact) mass is 368 g/mol. The summed E-state index contributed by atoms with van der Waals surface area (Å²) in [5.74, 6) is -0.472. The second-order valence-corrected chi connectivity index (χ2v) is 5.82. The van der Waals surface area contributed by atoms with Gasteiger partial charge in [0.25, 0.3) is 11.6 Å². The number of nitrogens with one attached hydrogen (secondary N) is 2. The van der Waals surface area contributed by atoms with Crippen molar-refractivity contribution < 1.29 is 14.5 Å². The number of hydrogen-bond donors (Lipinski definition) is 2. The first-order valence-corrected chi connectivity index (χ1v) is 8.40. The zero-order valence-corrected chi connectivity index (χ0v) is 15.1. The molecule has 0 unspecified atom stereocenters. The minimum absolute atomic E-state index is 0.0123. The molecule has 2 aromatic carbocycles. The standard InChI is InChI=1S/C19H20N4O4/c1-3-4-18(24)20-16-9-5-15(6-10-16)19(25)22-21-13(2)14-7-11-17(12-8-14)23(26)27/h5-12H,3-4H2,1-2H3,(H,20,24)(H,22,25). The number of benzene rings is 2. The third kappa shape index (κ3) is 5.74. The predicted octanol–water partition coefficient (Wildman–Crippen LogP) is 3.49. The van der Waals surface area contributed by atoms with Crippen LogP contribution in [-0.4, -0.2) is 22.4 Å². The van der Waals surface area contributed by atoms with Crippen molar-refractivity contribution in [3.8, 4) is 0 Å². The summed E-state index contributed by atoms with van der Waals surface area (Å²) in [6.07, 6.45) is 1.21. The fourth-order valence-corrected chi connectivity index (χ4v) is 2.24. The van der Waals surface area contributed by atoms with Gasteiger partial charge in [-0.1, -0.05) is 6.92 Å². The molecule has 0 spiro atoms. The summed E-state index contributed by atoms with van der Waals surface area (Å²) in [5, 5.41) is 17.4. The maximum atomic E-state index is 12.2. The maximum Gasteiger partial charge on any atom is 0.271 e. The summed E-state index contributed by atoms with van der Waals surface area (Å²) in [6.45, 7) is 3.61. The number of rotatable bonds is 7. The number of hydrogen-bond acceptors (Lipinski definition) is 5. The molecule has 27 heavy (non-hydrogen) atoms. The van der Waals surface area contributed by atoms with Gasteiger partial charge >= 0.3 is 0 Å². The molecule has 2 N–H and O–H groups in total. The second-order valence-electron chi connectivity index (χ2n) is 5.82. The summed E-state index contributed by atoms with van der Waals surface area (Å²) < 4.78 is 0. The minimum atomic E-state index is -0.480. The van der Waals surface area contributed by atoms with E-state index in [2.05, 4.69) is 15.8 Å². The van der Waals surface area contributed by atoms with Crippen molar-refractivity contribution >= 4 is 28.9 Å². The first-order chi connectivity index (χ1) is 12.9. The Labute approximate surface area is 156 Å². The molecule has 0 aromatic heterocycles. The average molecular weight is 368 g/mol. The van der Waals surface area contributed by atoms with E-state index < -0.39 is 10.8 Å². The smallest absolute Gasteiger partial charge is 0.271 e. The van der Waals surface area contributed by atoms with E-state index in [9.17, 15) is 19.7 Å². The van der Waals surface area contributed by atoms with Crippen LogP contribution in [0.25, 0.3) is 0 Å². The van der Waals surface area contributed by atoms with Gasteiger partial charge < -0.3 is 5.32 Å². The molecule has 0 saturated carbocycles. The van der Waals surface area contributed by atoms with Crippen LogP contribution >= 0.6 is 0 Å². The van der Waals surface area contributed by atoms with Gasteiger partial charge in [-0.15, -0.1) is 0 Å². The summed E-state index contributed by atoms with van der Waals surface area (Å²) in [7, 11) is 0. The number of non-ortho nitro benzene ring substituents is 1. The predicted molar refractivity (Wildman–Crippen MR) is 103 cm³/mol. The number of nitrogens with zero attached hydrogens (tertiary/aromatic N) is 2. The number of carbonyl (C=O) groups is 2. The van der Waals surface area contributed by atoms with Gasteiger partial charge in [-0.2, -0.15) is 5.10 Å². The highest BCUT2D eigenvalue weighted by atomic mass is 16.6. The number of amides is 2. The molecular weight excluding hydrogens is 348 g/mol. The fraction of sp³-hybridized carbons (Fsp3) is 0.211. The summed E-state index contributed by atoms with van der Waals surface area (Å²) >= 11 is 0. The zero-order valence-electron chi connectivity index (χ0n) is 15.1. The molecule has 8 heteroatoms. The van der Waals surface area contributed by atoms with Gasteiger partial charge in [0.05, 0.1) is 10.6 Å². The van der Waals surface area contributed by atoms with Crippen molar-refractivity contribution in [3.63, 3.8) is 0 Å². The Bertz CT molecular complexity index is 858. The highest BCUT2D eigenvalue weighted by molar-refractivity contribution is 6.01. The van der Waals surface area contributed by atoms with E-state index in [1.807, 2.05) is 6.92 Å². The average Bonchev–Trinajstić information content (AvgIpc) is 2.66. The van der Waals surface area contributed by atoms with Crippen LogP contribution in [0.3, 0.4) is 0 Å². The van der Waals surface area contributed by atoms with E-state index >= 15 is 0 Å². The Hall–Kier alpha value is -3.55. The normalized spacial score (nSPS) is 11.0. The quantitative estimate of drug-likeness (QED) is 0.442. The fourth-order valence-electron chi connectivity index (χ4n) is 2.24. The minimum Gasteiger partial charge on any atom is -0.326 e. The van der Waals surface area contributed by atoms with E-state index in [0.29, 0.717) is 28.9 Å². The number of anilines is 1. The maximum absolute atomic E-state index is 12.2. The van der Waals surface area contributed by atoms with Crippen molar-refractivity contribution in [2.75, 3.05) is 5.32 Å². The first-order valence-electron chi connectivity index (χ1n) is 8.40. The van der Waals surface area contributed by atoms with E-state index in [-0.39, 0.29) is 11.6 Å². The molecule has 0 bridgehead atoms. The van der Waals surface area contributed by atoms with Crippen LogP contribution in [-0.2, 0) is 4.79 Å². The molecule has 0 aliphatic carbocycles. The van der Waals surface area contributed by atoms with Gasteiger partial charge in [-0.25, -0.2) is 5.43 Å². The molecular formula is C19H20N4O4. The third-order valence-corrected chi connectivity index (χ3v) is 3.73. The highest BCUT2D eigenvalue weighted by Gasteiger charge is 2.08. The number of nitro benzene ring substituents is 1. The van der Waals surface area contributed by atoms with Gasteiger partial charge in [0, 0.05) is 29.8 Å². The summed E-state index contributed by atoms with van der Waals surface area (Å²) in [6, 6.07) is 12.4. The lowest BCUT2D eigenvalue weighted by atomic mass is 10.1. The molecule has 0 saturated heterocycles. The van der Waals surface area contributed by atoms with Crippen molar-refractivity contribution in [1.29, 1.82) is 0 Å². The lowest BCUT2D eigenvalue weighted by molar-refractivity contribution is -0.384. The lowest BCUT2D eigenvalue weighted by Crippen LogP contribution is -2.19. The van der Waals surface area contributed by atoms with Crippen LogP contribution in [0.4, 0.5) is 11.4 Å². The van der Waals surface area contributed by atoms with Crippen molar-refractivity contribution in [2.45, 2.75) is 26.7 Å². The SMILES string of the molecule is CCCC(=O)Nc1ccc(C(=O)NN=C(C)c2ccc([N+](=O)[O-])cc2)cc1. The van der Waals surface area contributed by atoms with Gasteiger partial charge in [-0.3, -0.25) is 19.7 Å². The molecule has 140 valence electrons. The Morgan fingerprint density at radius 2 is 1.63 bits per heavy atom. The zero-order chi connectivity index (χ0) is 19.8.